The largest absolute Gasteiger partial charge is 0.480 e. The molecule has 0 amide bonds. The highest BCUT2D eigenvalue weighted by Crippen LogP contribution is 2.12. The van der Waals surface area contributed by atoms with E-state index in [2.05, 4.69) is 4.72 Å². The molecular formula is C12H15NO5S. The first kappa shape index (κ1) is 15.3. The van der Waals surface area contributed by atoms with Gasteiger partial charge in [0.2, 0.25) is 10.0 Å². The maximum Gasteiger partial charge on any atom is 0.321 e. The standard InChI is InChI=1S/C12H15NO5S/c1-3-11(12(15)16)13-19(17,18)10-6-4-9(5-7-10)8(2)14/h4-7,11,13H,3H2,1-2H3,(H,15,16). The molecule has 1 atom stereocenters. The molecule has 0 aliphatic heterocycles. The highest BCUT2D eigenvalue weighted by Gasteiger charge is 2.23. The molecular weight excluding hydrogens is 270 g/mol. The van der Waals surface area contributed by atoms with Gasteiger partial charge in [-0.1, -0.05) is 19.1 Å². The number of hydrogen-bond acceptors (Lipinski definition) is 4. The summed E-state index contributed by atoms with van der Waals surface area (Å²) in [6.45, 7) is 2.94. The molecule has 0 aliphatic rings. The molecule has 0 aromatic heterocycles. The Kier molecular flexibility index (Phi) is 4.79. The average Bonchev–Trinajstić information content (AvgIpc) is 2.35. The van der Waals surface area contributed by atoms with Crippen LogP contribution in [0.15, 0.2) is 29.2 Å². The molecule has 1 unspecified atom stereocenters. The van der Waals surface area contributed by atoms with E-state index < -0.39 is 22.0 Å². The van der Waals surface area contributed by atoms with E-state index in [1.165, 1.54) is 31.2 Å². The molecule has 0 fully saturated rings. The van der Waals surface area contributed by atoms with Crippen LogP contribution in [-0.4, -0.2) is 31.3 Å². The number of nitrogens with one attached hydrogen (secondary N) is 1. The molecule has 1 rings (SSSR count). The van der Waals surface area contributed by atoms with Gasteiger partial charge in [0.25, 0.3) is 0 Å². The highest BCUT2D eigenvalue weighted by molar-refractivity contribution is 7.89. The first-order valence-corrected chi connectivity index (χ1v) is 7.12. The fraction of sp³-hybridized carbons (Fsp3) is 0.333. The van der Waals surface area contributed by atoms with Crippen molar-refractivity contribution in [3.63, 3.8) is 0 Å². The second-order valence-corrected chi connectivity index (χ2v) is 5.71. The second-order valence-electron chi connectivity index (χ2n) is 4.00. The van der Waals surface area contributed by atoms with Crippen LogP contribution in [0.4, 0.5) is 0 Å². The Labute approximate surface area is 111 Å². The Morgan fingerprint density at radius 3 is 2.16 bits per heavy atom. The molecule has 0 bridgehead atoms. The maximum absolute atomic E-state index is 11.9. The minimum absolute atomic E-state index is 0.0720. The summed E-state index contributed by atoms with van der Waals surface area (Å²) >= 11 is 0. The van der Waals surface area contributed by atoms with E-state index in [0.717, 1.165) is 0 Å². The first-order valence-electron chi connectivity index (χ1n) is 5.64. The summed E-state index contributed by atoms with van der Waals surface area (Å²) in [5.41, 5.74) is 0.393. The zero-order valence-corrected chi connectivity index (χ0v) is 11.4. The number of hydrogen-bond donors (Lipinski definition) is 2. The molecule has 2 N–H and O–H groups in total. The molecule has 0 aliphatic carbocycles. The van der Waals surface area contributed by atoms with Crippen LogP contribution in [0.3, 0.4) is 0 Å². The SMILES string of the molecule is CCC(NS(=O)(=O)c1ccc(C(C)=O)cc1)C(=O)O. The van der Waals surface area contributed by atoms with Gasteiger partial charge >= 0.3 is 5.97 Å². The summed E-state index contributed by atoms with van der Waals surface area (Å²) in [7, 11) is -3.90. The van der Waals surface area contributed by atoms with Crippen molar-refractivity contribution in [3.05, 3.63) is 29.8 Å². The van der Waals surface area contributed by atoms with Gasteiger partial charge in [-0.25, -0.2) is 8.42 Å². The van der Waals surface area contributed by atoms with E-state index in [1.54, 1.807) is 6.92 Å². The first-order chi connectivity index (χ1) is 8.77. The highest BCUT2D eigenvalue weighted by atomic mass is 32.2. The van der Waals surface area contributed by atoms with Crippen molar-refractivity contribution in [2.45, 2.75) is 31.2 Å². The van der Waals surface area contributed by atoms with E-state index in [0.29, 0.717) is 5.56 Å². The molecule has 104 valence electrons. The van der Waals surface area contributed by atoms with Crippen LogP contribution in [0.5, 0.6) is 0 Å². The normalized spacial score (nSPS) is 12.9. The third-order valence-corrected chi connectivity index (χ3v) is 4.06. The predicted octanol–water partition coefficient (Wildman–Crippen LogP) is 1.03. The van der Waals surface area contributed by atoms with Crippen molar-refractivity contribution < 1.29 is 23.1 Å². The predicted molar refractivity (Wildman–Crippen MR) is 68.5 cm³/mol. The van der Waals surface area contributed by atoms with Crippen molar-refractivity contribution in [1.82, 2.24) is 4.72 Å². The third-order valence-electron chi connectivity index (χ3n) is 2.57. The van der Waals surface area contributed by atoms with Crippen LogP contribution in [0, 0.1) is 0 Å². The summed E-state index contributed by atoms with van der Waals surface area (Å²) in [4.78, 5) is 21.8. The lowest BCUT2D eigenvalue weighted by atomic mass is 10.2. The molecule has 0 saturated carbocycles. The Morgan fingerprint density at radius 1 is 1.26 bits per heavy atom. The van der Waals surface area contributed by atoms with Crippen molar-refractivity contribution in [1.29, 1.82) is 0 Å². The van der Waals surface area contributed by atoms with E-state index >= 15 is 0 Å². The van der Waals surface area contributed by atoms with Gasteiger partial charge in [-0.05, 0) is 25.5 Å². The topological polar surface area (TPSA) is 101 Å². The van der Waals surface area contributed by atoms with Gasteiger partial charge in [0.15, 0.2) is 5.78 Å². The quantitative estimate of drug-likeness (QED) is 0.760. The average molecular weight is 285 g/mol. The molecule has 0 heterocycles. The van der Waals surface area contributed by atoms with Gasteiger partial charge in [-0.3, -0.25) is 9.59 Å². The summed E-state index contributed by atoms with van der Waals surface area (Å²) in [6.07, 6.45) is 0.139. The number of rotatable bonds is 6. The van der Waals surface area contributed by atoms with Crippen LogP contribution in [0.25, 0.3) is 0 Å². The Bertz CT molecular complexity index is 577. The Morgan fingerprint density at radius 2 is 1.79 bits per heavy atom. The summed E-state index contributed by atoms with van der Waals surface area (Å²) in [6, 6.07) is 4.15. The summed E-state index contributed by atoms with van der Waals surface area (Å²) in [5, 5.41) is 8.83. The maximum atomic E-state index is 11.9. The smallest absolute Gasteiger partial charge is 0.321 e. The van der Waals surface area contributed by atoms with E-state index in [9.17, 15) is 18.0 Å². The van der Waals surface area contributed by atoms with Crippen LogP contribution >= 0.6 is 0 Å². The van der Waals surface area contributed by atoms with E-state index in [1.807, 2.05) is 0 Å². The van der Waals surface area contributed by atoms with Crippen LogP contribution in [0.2, 0.25) is 0 Å². The number of benzene rings is 1. The molecule has 1 aromatic rings. The number of aliphatic carboxylic acids is 1. The minimum atomic E-state index is -3.90. The zero-order chi connectivity index (χ0) is 14.6. The van der Waals surface area contributed by atoms with Crippen molar-refractivity contribution in [3.8, 4) is 0 Å². The third kappa shape index (κ3) is 3.87. The molecule has 6 nitrogen and oxygen atoms in total. The van der Waals surface area contributed by atoms with Gasteiger partial charge in [-0.15, -0.1) is 0 Å². The number of sulfonamides is 1. The number of carboxylic acids is 1. The fourth-order valence-electron chi connectivity index (χ4n) is 1.43. The lowest BCUT2D eigenvalue weighted by Crippen LogP contribution is -2.40. The van der Waals surface area contributed by atoms with Crippen molar-refractivity contribution in [2.24, 2.45) is 0 Å². The Hall–Kier alpha value is -1.73. The van der Waals surface area contributed by atoms with Crippen LogP contribution in [-0.2, 0) is 14.8 Å². The lowest BCUT2D eigenvalue weighted by molar-refractivity contribution is -0.139. The van der Waals surface area contributed by atoms with Gasteiger partial charge in [0.1, 0.15) is 6.04 Å². The molecule has 0 spiro atoms. The molecule has 19 heavy (non-hydrogen) atoms. The van der Waals surface area contributed by atoms with E-state index in [4.69, 9.17) is 5.11 Å². The Balaban J connectivity index is 3.00. The number of carboxylic acid groups (broad SMARTS) is 1. The van der Waals surface area contributed by atoms with Gasteiger partial charge in [0, 0.05) is 5.56 Å². The van der Waals surface area contributed by atoms with Gasteiger partial charge in [-0.2, -0.15) is 4.72 Å². The lowest BCUT2D eigenvalue weighted by Gasteiger charge is -2.12. The van der Waals surface area contributed by atoms with Crippen LogP contribution < -0.4 is 4.72 Å². The summed E-state index contributed by atoms with van der Waals surface area (Å²) < 4.78 is 26.0. The van der Waals surface area contributed by atoms with Gasteiger partial charge in [0.05, 0.1) is 4.90 Å². The van der Waals surface area contributed by atoms with Crippen molar-refractivity contribution in [2.75, 3.05) is 0 Å². The molecule has 1 aromatic carbocycles. The van der Waals surface area contributed by atoms with Gasteiger partial charge < -0.3 is 5.11 Å². The summed E-state index contributed by atoms with van der Waals surface area (Å²) in [5.74, 6) is -1.40. The number of Topliss-reactive ketones (excluding diaryl/α,β-unsaturated/α-hetero) is 1. The number of ketones is 1. The molecule has 7 heteroatoms. The minimum Gasteiger partial charge on any atom is -0.480 e. The molecule has 0 saturated heterocycles. The molecule has 0 radical (unpaired) electrons. The van der Waals surface area contributed by atoms with E-state index in [-0.39, 0.29) is 17.1 Å². The van der Waals surface area contributed by atoms with Crippen molar-refractivity contribution >= 4 is 21.8 Å². The second kappa shape index (κ2) is 5.94. The zero-order valence-electron chi connectivity index (χ0n) is 10.6. The number of carbonyl (C=O) groups is 2. The monoisotopic (exact) mass is 285 g/mol. The number of carbonyl (C=O) groups excluding carboxylic acids is 1. The fourth-order valence-corrected chi connectivity index (χ4v) is 2.71. The van der Waals surface area contributed by atoms with Crippen LogP contribution in [0.1, 0.15) is 30.6 Å².